The molecular weight excluding hydrogens is 540 g/mol. The Kier molecular flexibility index (Phi) is 9.32. The number of aromatic hydroxyl groups is 1. The quantitative estimate of drug-likeness (QED) is 0.201. The lowest BCUT2D eigenvalue weighted by Gasteiger charge is -2.59. The van der Waals surface area contributed by atoms with Crippen LogP contribution in [0.4, 0.5) is 0 Å². The fourth-order valence-electron chi connectivity index (χ4n) is 10.4. The first-order valence-electron chi connectivity index (χ1n) is 17.0. The monoisotopic (exact) mass is 596 g/mol. The topological polar surface area (TPSA) is 96.2 Å². The van der Waals surface area contributed by atoms with E-state index >= 15 is 0 Å². The molecule has 5 rings (SSSR count). The summed E-state index contributed by atoms with van der Waals surface area (Å²) < 4.78 is 11.1. The van der Waals surface area contributed by atoms with Crippen LogP contribution in [0.1, 0.15) is 110 Å². The summed E-state index contributed by atoms with van der Waals surface area (Å²) in [4.78, 5) is 13.0. The minimum absolute atomic E-state index is 0.0172. The largest absolute Gasteiger partial charge is 0.504 e. The Hall–Kier alpha value is -2.05. The van der Waals surface area contributed by atoms with E-state index in [0.717, 1.165) is 38.0 Å². The summed E-state index contributed by atoms with van der Waals surface area (Å²) in [5.74, 6) is 2.79. The summed E-state index contributed by atoms with van der Waals surface area (Å²) in [6.07, 6.45) is 9.85. The van der Waals surface area contributed by atoms with Gasteiger partial charge >= 0.3 is 5.97 Å². The molecule has 4 aliphatic carbocycles. The van der Waals surface area contributed by atoms with Gasteiger partial charge in [0.05, 0.1) is 24.9 Å². The Morgan fingerprint density at radius 2 is 1.84 bits per heavy atom. The molecule has 3 saturated carbocycles. The number of hydrogen-bond donors (Lipinski definition) is 3. The molecular formula is C37H56O6. The second-order valence-electron chi connectivity index (χ2n) is 15.4. The van der Waals surface area contributed by atoms with Gasteiger partial charge in [0, 0.05) is 6.42 Å². The van der Waals surface area contributed by atoms with Crippen molar-refractivity contribution in [3.63, 3.8) is 0 Å². The maximum Gasteiger partial charge on any atom is 0.338 e. The molecule has 11 atom stereocenters. The van der Waals surface area contributed by atoms with Crippen LogP contribution in [-0.4, -0.2) is 46.7 Å². The Morgan fingerprint density at radius 1 is 1.09 bits per heavy atom. The fraction of sp³-hybridized carbons (Fsp3) is 0.757. The van der Waals surface area contributed by atoms with Crippen LogP contribution in [0.5, 0.6) is 11.5 Å². The van der Waals surface area contributed by atoms with Gasteiger partial charge in [0.25, 0.3) is 0 Å². The summed E-state index contributed by atoms with van der Waals surface area (Å²) in [6, 6.07) is 4.50. The number of carbonyl (C=O) groups is 1. The van der Waals surface area contributed by atoms with Crippen molar-refractivity contribution < 1.29 is 29.6 Å². The number of aliphatic hydroxyl groups is 2. The van der Waals surface area contributed by atoms with Crippen LogP contribution in [0.2, 0.25) is 0 Å². The van der Waals surface area contributed by atoms with Gasteiger partial charge in [-0.25, -0.2) is 4.79 Å². The van der Waals surface area contributed by atoms with Gasteiger partial charge < -0.3 is 24.8 Å². The third kappa shape index (κ3) is 5.76. The van der Waals surface area contributed by atoms with E-state index in [4.69, 9.17) is 9.47 Å². The zero-order valence-electron chi connectivity index (χ0n) is 27.5. The zero-order chi connectivity index (χ0) is 31.3. The van der Waals surface area contributed by atoms with Crippen molar-refractivity contribution in [2.24, 2.45) is 52.3 Å². The van der Waals surface area contributed by atoms with Crippen LogP contribution in [-0.2, 0) is 4.74 Å². The van der Waals surface area contributed by atoms with Crippen LogP contribution >= 0.6 is 0 Å². The Bertz CT molecular complexity index is 1190. The van der Waals surface area contributed by atoms with Crippen LogP contribution < -0.4 is 4.74 Å². The zero-order valence-corrected chi connectivity index (χ0v) is 27.5. The highest BCUT2D eigenvalue weighted by atomic mass is 16.5. The summed E-state index contributed by atoms with van der Waals surface area (Å²) in [5.41, 5.74) is 1.53. The first-order valence-corrected chi connectivity index (χ1v) is 17.0. The fourth-order valence-corrected chi connectivity index (χ4v) is 10.4. The number of carbonyl (C=O) groups excluding carboxylic acids is 1. The van der Waals surface area contributed by atoms with Crippen molar-refractivity contribution >= 4 is 5.97 Å². The van der Waals surface area contributed by atoms with Gasteiger partial charge in [-0.1, -0.05) is 66.0 Å². The van der Waals surface area contributed by atoms with Crippen LogP contribution in [0.25, 0.3) is 0 Å². The SMILES string of the molecule is CC[C@H](CC[C@@H](C)[C@H]1C[C@H](O)[C@H]2[C@@H]3[C@@H](O)C=C4C[C@@H](OC(=O)c5ccc(O)c(OC)c5)CC[C@]4(C)[C@H]3CC[C@@]21C)C(C)C. The molecule has 0 spiro atoms. The van der Waals surface area contributed by atoms with E-state index < -0.39 is 12.1 Å². The minimum Gasteiger partial charge on any atom is -0.504 e. The van der Waals surface area contributed by atoms with Gasteiger partial charge in [-0.15, -0.1) is 0 Å². The third-order valence-electron chi connectivity index (χ3n) is 13.0. The smallest absolute Gasteiger partial charge is 0.338 e. The van der Waals surface area contributed by atoms with Crippen molar-refractivity contribution in [3.8, 4) is 11.5 Å². The first-order chi connectivity index (χ1) is 20.3. The van der Waals surface area contributed by atoms with E-state index in [1.54, 1.807) is 6.07 Å². The number of esters is 1. The molecule has 0 saturated heterocycles. The molecule has 1 aromatic rings. The van der Waals surface area contributed by atoms with Gasteiger partial charge in [-0.3, -0.25) is 0 Å². The first kappa shape index (κ1) is 32.3. The molecule has 3 fully saturated rings. The molecule has 6 heteroatoms. The molecule has 240 valence electrons. The van der Waals surface area contributed by atoms with Crippen molar-refractivity contribution in [1.29, 1.82) is 0 Å². The van der Waals surface area contributed by atoms with Gasteiger partial charge in [0.15, 0.2) is 11.5 Å². The summed E-state index contributed by atoms with van der Waals surface area (Å²) in [7, 11) is 1.45. The van der Waals surface area contributed by atoms with Crippen LogP contribution in [0, 0.1) is 52.3 Å². The van der Waals surface area contributed by atoms with Crippen LogP contribution in [0.3, 0.4) is 0 Å². The van der Waals surface area contributed by atoms with E-state index in [0.29, 0.717) is 35.7 Å². The predicted octanol–water partition coefficient (Wildman–Crippen LogP) is 7.55. The summed E-state index contributed by atoms with van der Waals surface area (Å²) in [6.45, 7) is 14.2. The molecule has 0 radical (unpaired) electrons. The molecule has 0 heterocycles. The molecule has 0 aromatic heterocycles. The number of benzene rings is 1. The molecule has 0 amide bonds. The molecule has 43 heavy (non-hydrogen) atoms. The average Bonchev–Trinajstić information content (AvgIpc) is 3.24. The molecule has 6 nitrogen and oxygen atoms in total. The number of aliphatic hydroxyl groups excluding tert-OH is 2. The number of phenolic OH excluding ortho intramolecular Hbond substituents is 1. The van der Waals surface area contributed by atoms with Crippen molar-refractivity contribution in [2.45, 2.75) is 118 Å². The third-order valence-corrected chi connectivity index (χ3v) is 13.0. The van der Waals surface area contributed by atoms with Crippen molar-refractivity contribution in [1.82, 2.24) is 0 Å². The van der Waals surface area contributed by atoms with Crippen molar-refractivity contribution in [2.75, 3.05) is 7.11 Å². The second-order valence-corrected chi connectivity index (χ2v) is 15.4. The predicted molar refractivity (Wildman–Crippen MR) is 169 cm³/mol. The van der Waals surface area contributed by atoms with Gasteiger partial charge in [0.1, 0.15) is 6.10 Å². The van der Waals surface area contributed by atoms with Gasteiger partial charge in [-0.2, -0.15) is 0 Å². The highest BCUT2D eigenvalue weighted by Crippen LogP contribution is 2.67. The average molecular weight is 597 g/mol. The molecule has 0 unspecified atom stereocenters. The maximum atomic E-state index is 13.0. The molecule has 4 aliphatic rings. The highest BCUT2D eigenvalue weighted by Gasteiger charge is 2.64. The molecule has 0 aliphatic heterocycles. The Labute approximate surface area is 259 Å². The summed E-state index contributed by atoms with van der Waals surface area (Å²) >= 11 is 0. The lowest BCUT2D eigenvalue weighted by molar-refractivity contribution is -0.118. The van der Waals surface area contributed by atoms with Gasteiger partial charge in [-0.05, 0) is 109 Å². The number of phenols is 1. The highest BCUT2D eigenvalue weighted by molar-refractivity contribution is 5.90. The number of methoxy groups -OCH3 is 1. The number of hydrogen-bond acceptors (Lipinski definition) is 6. The number of ether oxygens (including phenoxy) is 2. The number of rotatable bonds is 9. The maximum absolute atomic E-state index is 13.0. The normalized spacial score (nSPS) is 38.4. The van der Waals surface area contributed by atoms with E-state index in [1.165, 1.54) is 44.1 Å². The van der Waals surface area contributed by atoms with E-state index in [2.05, 4.69) is 47.6 Å². The lowest BCUT2D eigenvalue weighted by atomic mass is 9.46. The summed E-state index contributed by atoms with van der Waals surface area (Å²) in [5, 5.41) is 33.3. The Morgan fingerprint density at radius 3 is 2.51 bits per heavy atom. The van der Waals surface area contributed by atoms with Gasteiger partial charge in [0.2, 0.25) is 0 Å². The molecule has 3 N–H and O–H groups in total. The second kappa shape index (κ2) is 12.4. The lowest BCUT2D eigenvalue weighted by Crippen LogP contribution is -2.56. The Balaban J connectivity index is 1.31. The van der Waals surface area contributed by atoms with Crippen LogP contribution in [0.15, 0.2) is 29.8 Å². The molecule has 1 aromatic carbocycles. The number of fused-ring (bicyclic) bond motifs is 5. The van der Waals surface area contributed by atoms with E-state index in [1.807, 2.05) is 0 Å². The minimum atomic E-state index is -0.595. The molecule has 0 bridgehead atoms. The van der Waals surface area contributed by atoms with Crippen molar-refractivity contribution in [3.05, 3.63) is 35.4 Å². The van der Waals surface area contributed by atoms with E-state index in [9.17, 15) is 20.1 Å². The standard InChI is InChI=1S/C37H56O6/c1-8-23(21(2)3)10-9-22(4)28-20-31(40)34-33-27(14-16-37(28,34)6)36(5)15-13-26(18-25(36)19-30(33)39)43-35(41)24-11-12-29(38)32(17-24)42-7/h11-12,17,19,21-23,26-28,30-31,33-34,38-40H,8-10,13-16,18,20H2,1-7H3/t22-,23-,26+,27+,28-,30+,31+,33+,34+,36+,37-/m1/s1. The van der Waals surface area contributed by atoms with E-state index in [-0.39, 0.29) is 46.4 Å².